The van der Waals surface area contributed by atoms with E-state index in [1.165, 1.54) is 4.90 Å². The van der Waals surface area contributed by atoms with E-state index in [1.807, 2.05) is 13.8 Å². The highest BCUT2D eigenvalue weighted by Crippen LogP contribution is 2.06. The summed E-state index contributed by atoms with van der Waals surface area (Å²) in [6.45, 7) is 5.28. The molecule has 0 aromatic heterocycles. The van der Waals surface area contributed by atoms with Crippen molar-refractivity contribution in [3.63, 3.8) is 0 Å². The third kappa shape index (κ3) is 3.51. The second-order valence-corrected chi connectivity index (χ2v) is 4.35. The Labute approximate surface area is 90.0 Å². The van der Waals surface area contributed by atoms with Crippen molar-refractivity contribution in [2.45, 2.75) is 26.3 Å². The Kier molecular flexibility index (Phi) is 4.08. The lowest BCUT2D eigenvalue weighted by molar-refractivity contribution is -0.139. The van der Waals surface area contributed by atoms with Gasteiger partial charge in [-0.1, -0.05) is 13.8 Å². The highest BCUT2D eigenvalue weighted by atomic mass is 16.2. The molecule has 1 aliphatic heterocycles. The van der Waals surface area contributed by atoms with Crippen LogP contribution in [0.1, 0.15) is 20.3 Å². The van der Waals surface area contributed by atoms with Crippen LogP contribution in [0.2, 0.25) is 0 Å². The molecule has 0 spiro atoms. The first-order valence-electron chi connectivity index (χ1n) is 5.31. The van der Waals surface area contributed by atoms with Gasteiger partial charge in [0.1, 0.15) is 0 Å². The summed E-state index contributed by atoms with van der Waals surface area (Å²) < 4.78 is 0. The maximum absolute atomic E-state index is 11.8. The Morgan fingerprint density at radius 3 is 2.80 bits per heavy atom. The molecule has 0 aliphatic carbocycles. The van der Waals surface area contributed by atoms with Crippen LogP contribution in [0.15, 0.2) is 0 Å². The predicted molar refractivity (Wildman–Crippen MR) is 57.0 cm³/mol. The molecule has 0 aromatic carbocycles. The van der Waals surface area contributed by atoms with Crippen molar-refractivity contribution in [3.05, 3.63) is 0 Å². The quantitative estimate of drug-likeness (QED) is 0.652. The molecule has 1 atom stereocenters. The van der Waals surface area contributed by atoms with Crippen molar-refractivity contribution in [3.8, 4) is 0 Å². The van der Waals surface area contributed by atoms with E-state index in [1.54, 1.807) is 0 Å². The molecule has 5 heteroatoms. The smallest absolute Gasteiger partial charge is 0.240 e. The number of nitrogens with one attached hydrogen (secondary N) is 1. The van der Waals surface area contributed by atoms with Crippen LogP contribution in [-0.2, 0) is 9.59 Å². The van der Waals surface area contributed by atoms with E-state index in [0.29, 0.717) is 25.4 Å². The topological polar surface area (TPSA) is 75.4 Å². The van der Waals surface area contributed by atoms with Gasteiger partial charge in [0.05, 0.1) is 12.6 Å². The van der Waals surface area contributed by atoms with Gasteiger partial charge in [-0.3, -0.25) is 9.59 Å². The fourth-order valence-electron chi connectivity index (χ4n) is 1.67. The van der Waals surface area contributed by atoms with E-state index in [2.05, 4.69) is 5.32 Å². The van der Waals surface area contributed by atoms with Crippen LogP contribution < -0.4 is 11.1 Å². The molecule has 86 valence electrons. The maximum Gasteiger partial charge on any atom is 0.240 e. The average molecular weight is 213 g/mol. The second kappa shape index (κ2) is 5.11. The first kappa shape index (κ1) is 12.0. The first-order valence-corrected chi connectivity index (χ1v) is 5.31. The first-order chi connectivity index (χ1) is 7.00. The van der Waals surface area contributed by atoms with Gasteiger partial charge in [0.2, 0.25) is 11.8 Å². The molecule has 0 aromatic rings. The van der Waals surface area contributed by atoms with Crippen molar-refractivity contribution < 1.29 is 9.59 Å². The molecule has 1 rings (SSSR count). The summed E-state index contributed by atoms with van der Waals surface area (Å²) in [7, 11) is 0. The van der Waals surface area contributed by atoms with Gasteiger partial charge >= 0.3 is 0 Å². The van der Waals surface area contributed by atoms with E-state index in [-0.39, 0.29) is 18.4 Å². The van der Waals surface area contributed by atoms with Gasteiger partial charge in [-0.2, -0.15) is 0 Å². The van der Waals surface area contributed by atoms with Crippen LogP contribution in [0.25, 0.3) is 0 Å². The number of piperazine rings is 1. The SMILES string of the molecule is CC(C)CC(N)C(=O)N1CCNC(=O)C1. The van der Waals surface area contributed by atoms with Crippen LogP contribution in [0.3, 0.4) is 0 Å². The lowest BCUT2D eigenvalue weighted by Gasteiger charge is -2.29. The normalized spacial score (nSPS) is 18.9. The average Bonchev–Trinajstić information content (AvgIpc) is 2.15. The van der Waals surface area contributed by atoms with Crippen LogP contribution in [0.4, 0.5) is 0 Å². The fraction of sp³-hybridized carbons (Fsp3) is 0.800. The Balaban J connectivity index is 2.48. The molecule has 2 amide bonds. The molecular formula is C10H19N3O2. The zero-order valence-corrected chi connectivity index (χ0v) is 9.32. The minimum Gasteiger partial charge on any atom is -0.353 e. The Morgan fingerprint density at radius 2 is 2.27 bits per heavy atom. The molecule has 5 nitrogen and oxygen atoms in total. The summed E-state index contributed by atoms with van der Waals surface area (Å²) in [6, 6.07) is -0.476. The number of carbonyl (C=O) groups is 2. The number of carbonyl (C=O) groups excluding carboxylic acids is 2. The van der Waals surface area contributed by atoms with E-state index in [4.69, 9.17) is 5.73 Å². The molecule has 1 fully saturated rings. The predicted octanol–water partition coefficient (Wildman–Crippen LogP) is -0.682. The molecule has 3 N–H and O–H groups in total. The van der Waals surface area contributed by atoms with E-state index in [9.17, 15) is 9.59 Å². The highest BCUT2D eigenvalue weighted by Gasteiger charge is 2.25. The number of nitrogens with zero attached hydrogens (tertiary/aromatic N) is 1. The standard InChI is InChI=1S/C10H19N3O2/c1-7(2)5-8(11)10(15)13-4-3-12-9(14)6-13/h7-8H,3-6,11H2,1-2H3,(H,12,14). The maximum atomic E-state index is 11.8. The monoisotopic (exact) mass is 213 g/mol. The van der Waals surface area contributed by atoms with Crippen molar-refractivity contribution in [2.75, 3.05) is 19.6 Å². The van der Waals surface area contributed by atoms with Crippen LogP contribution in [-0.4, -0.2) is 42.4 Å². The lowest BCUT2D eigenvalue weighted by Crippen LogP contribution is -2.54. The molecule has 0 radical (unpaired) electrons. The number of rotatable bonds is 3. The molecule has 1 heterocycles. The van der Waals surface area contributed by atoms with Crippen molar-refractivity contribution in [1.82, 2.24) is 10.2 Å². The molecule has 1 saturated heterocycles. The molecule has 0 bridgehead atoms. The number of nitrogens with two attached hydrogens (primary N) is 1. The summed E-state index contributed by atoms with van der Waals surface area (Å²) in [4.78, 5) is 24.4. The Hall–Kier alpha value is -1.10. The number of amides is 2. The van der Waals surface area contributed by atoms with Gasteiger partial charge in [0.15, 0.2) is 0 Å². The molecule has 15 heavy (non-hydrogen) atoms. The summed E-state index contributed by atoms with van der Waals surface area (Å²) in [5, 5.41) is 2.67. The Morgan fingerprint density at radius 1 is 1.60 bits per heavy atom. The third-order valence-corrected chi connectivity index (χ3v) is 2.39. The summed E-state index contributed by atoms with van der Waals surface area (Å²) in [5.41, 5.74) is 5.77. The van der Waals surface area contributed by atoms with Crippen molar-refractivity contribution in [1.29, 1.82) is 0 Å². The van der Waals surface area contributed by atoms with Gasteiger partial charge in [-0.05, 0) is 12.3 Å². The van der Waals surface area contributed by atoms with Crippen LogP contribution in [0, 0.1) is 5.92 Å². The van der Waals surface area contributed by atoms with Crippen LogP contribution in [0.5, 0.6) is 0 Å². The highest BCUT2D eigenvalue weighted by molar-refractivity contribution is 5.88. The van der Waals surface area contributed by atoms with Gasteiger partial charge in [0.25, 0.3) is 0 Å². The summed E-state index contributed by atoms with van der Waals surface area (Å²) >= 11 is 0. The summed E-state index contributed by atoms with van der Waals surface area (Å²) in [5.74, 6) is 0.174. The summed E-state index contributed by atoms with van der Waals surface area (Å²) in [6.07, 6.45) is 0.664. The largest absolute Gasteiger partial charge is 0.353 e. The molecule has 0 saturated carbocycles. The van der Waals surface area contributed by atoms with Gasteiger partial charge in [0, 0.05) is 13.1 Å². The van der Waals surface area contributed by atoms with Gasteiger partial charge < -0.3 is 16.0 Å². The van der Waals surface area contributed by atoms with E-state index in [0.717, 1.165) is 0 Å². The van der Waals surface area contributed by atoms with Crippen molar-refractivity contribution >= 4 is 11.8 Å². The lowest BCUT2D eigenvalue weighted by atomic mass is 10.0. The second-order valence-electron chi connectivity index (χ2n) is 4.35. The van der Waals surface area contributed by atoms with Gasteiger partial charge in [-0.15, -0.1) is 0 Å². The molecular weight excluding hydrogens is 194 g/mol. The minimum atomic E-state index is -0.476. The molecule has 1 unspecified atom stereocenters. The van der Waals surface area contributed by atoms with Crippen LogP contribution >= 0.6 is 0 Å². The molecule has 1 aliphatic rings. The van der Waals surface area contributed by atoms with E-state index < -0.39 is 6.04 Å². The fourth-order valence-corrected chi connectivity index (χ4v) is 1.67. The number of hydrogen-bond acceptors (Lipinski definition) is 3. The van der Waals surface area contributed by atoms with Crippen molar-refractivity contribution in [2.24, 2.45) is 11.7 Å². The van der Waals surface area contributed by atoms with Gasteiger partial charge in [-0.25, -0.2) is 0 Å². The Bertz CT molecular complexity index is 253. The zero-order chi connectivity index (χ0) is 11.4. The van der Waals surface area contributed by atoms with E-state index >= 15 is 0 Å². The zero-order valence-electron chi connectivity index (χ0n) is 9.32. The third-order valence-electron chi connectivity index (χ3n) is 2.39. The minimum absolute atomic E-state index is 0.105. The number of hydrogen-bond donors (Lipinski definition) is 2.